The van der Waals surface area contributed by atoms with Crippen molar-refractivity contribution < 1.29 is 22.7 Å². The summed E-state index contributed by atoms with van der Waals surface area (Å²) in [6.45, 7) is 1.13. The van der Waals surface area contributed by atoms with Crippen molar-refractivity contribution in [3.63, 3.8) is 0 Å². The fourth-order valence-corrected chi connectivity index (χ4v) is 4.70. The molecule has 1 heterocycles. The second-order valence-electron chi connectivity index (χ2n) is 7.47. The van der Waals surface area contributed by atoms with E-state index in [1.807, 2.05) is 0 Å². The van der Waals surface area contributed by atoms with Gasteiger partial charge >= 0.3 is 0 Å². The largest absolute Gasteiger partial charge is 0.383 e. The number of nitrogens with one attached hydrogen (secondary N) is 1. The van der Waals surface area contributed by atoms with Crippen LogP contribution in [0.3, 0.4) is 0 Å². The number of hydrogen-bond donors (Lipinski definition) is 1. The highest BCUT2D eigenvalue weighted by molar-refractivity contribution is 7.92. The van der Waals surface area contributed by atoms with Crippen LogP contribution in [0.25, 0.3) is 10.9 Å². The lowest BCUT2D eigenvalue weighted by Crippen LogP contribution is -2.38. The Hall–Kier alpha value is -2.92. The van der Waals surface area contributed by atoms with Crippen molar-refractivity contribution in [2.45, 2.75) is 4.90 Å². The first-order valence-electron chi connectivity index (χ1n) is 10.4. The second kappa shape index (κ2) is 11.0. The number of nitrogens with zero attached hydrogens (tertiary/aromatic N) is 2. The molecule has 0 saturated heterocycles. The van der Waals surface area contributed by atoms with Crippen LogP contribution >= 0.6 is 11.6 Å². The highest BCUT2D eigenvalue weighted by Gasteiger charge is 2.24. The number of aromatic nitrogens is 1. The number of aromatic amines is 1. The third-order valence-electron chi connectivity index (χ3n) is 5.35. The molecule has 0 saturated carbocycles. The molecular weight excluding hydrogens is 482 g/mol. The fourth-order valence-electron chi connectivity index (χ4n) is 3.35. The van der Waals surface area contributed by atoms with Crippen molar-refractivity contribution in [1.29, 1.82) is 0 Å². The number of carbonyl (C=O) groups is 1. The molecule has 0 fully saturated rings. The first-order valence-corrected chi connectivity index (χ1v) is 12.2. The molecule has 0 aliphatic heterocycles. The van der Waals surface area contributed by atoms with E-state index in [0.717, 1.165) is 4.31 Å². The lowest BCUT2D eigenvalue weighted by molar-refractivity contribution is 0.0626. The van der Waals surface area contributed by atoms with Gasteiger partial charge in [0.2, 0.25) is 5.43 Å². The molecule has 182 valence electrons. The SMILES string of the molecule is COCCN(CCOC)C(=O)c1c[nH]c2ccc(S(=O)(=O)N(C)c3ccc(Cl)cc3)cc2c1=O. The van der Waals surface area contributed by atoms with E-state index < -0.39 is 21.4 Å². The van der Waals surface area contributed by atoms with Gasteiger partial charge in [0.25, 0.3) is 15.9 Å². The first-order chi connectivity index (χ1) is 16.2. The zero-order valence-corrected chi connectivity index (χ0v) is 20.6. The van der Waals surface area contributed by atoms with E-state index >= 15 is 0 Å². The van der Waals surface area contributed by atoms with Gasteiger partial charge in [-0.3, -0.25) is 13.9 Å². The molecule has 2 aromatic carbocycles. The number of hydrogen-bond acceptors (Lipinski definition) is 6. The lowest BCUT2D eigenvalue weighted by Gasteiger charge is -2.22. The van der Waals surface area contributed by atoms with Gasteiger partial charge in [-0.05, 0) is 42.5 Å². The number of H-pyrrole nitrogens is 1. The van der Waals surface area contributed by atoms with Crippen molar-refractivity contribution in [2.75, 3.05) is 51.9 Å². The van der Waals surface area contributed by atoms with E-state index in [4.69, 9.17) is 21.1 Å². The van der Waals surface area contributed by atoms with Gasteiger partial charge in [-0.15, -0.1) is 0 Å². The number of carbonyl (C=O) groups excluding carboxylic acids is 1. The highest BCUT2D eigenvalue weighted by Crippen LogP contribution is 2.25. The zero-order chi connectivity index (χ0) is 24.9. The van der Waals surface area contributed by atoms with Gasteiger partial charge in [0.15, 0.2) is 0 Å². The molecule has 0 radical (unpaired) electrons. The lowest BCUT2D eigenvalue weighted by atomic mass is 10.1. The molecule has 3 aromatic rings. The van der Waals surface area contributed by atoms with E-state index in [2.05, 4.69) is 4.98 Å². The Kier molecular flexibility index (Phi) is 8.32. The molecule has 0 aliphatic rings. The van der Waals surface area contributed by atoms with Crippen molar-refractivity contribution in [3.05, 3.63) is 69.5 Å². The third-order valence-corrected chi connectivity index (χ3v) is 7.38. The Labute approximate surface area is 202 Å². The number of pyridine rings is 1. The number of benzene rings is 2. The third kappa shape index (κ3) is 5.41. The summed E-state index contributed by atoms with van der Waals surface area (Å²) in [5, 5.41) is 0.573. The first kappa shape index (κ1) is 25.7. The molecule has 0 spiro atoms. The van der Waals surface area contributed by atoms with Crippen molar-refractivity contribution >= 4 is 44.1 Å². The molecule has 0 atom stereocenters. The summed E-state index contributed by atoms with van der Waals surface area (Å²) in [6.07, 6.45) is 1.34. The zero-order valence-electron chi connectivity index (χ0n) is 19.1. The minimum absolute atomic E-state index is 0.0804. The van der Waals surface area contributed by atoms with Crippen molar-refractivity contribution in [3.8, 4) is 0 Å². The van der Waals surface area contributed by atoms with Gasteiger partial charge in [-0.25, -0.2) is 8.42 Å². The summed E-state index contributed by atoms with van der Waals surface area (Å²) in [5.74, 6) is -0.496. The van der Waals surface area contributed by atoms with Gasteiger partial charge in [-0.2, -0.15) is 0 Å². The molecule has 9 nitrogen and oxygen atoms in total. The summed E-state index contributed by atoms with van der Waals surface area (Å²) in [4.78, 5) is 30.6. The molecule has 34 heavy (non-hydrogen) atoms. The van der Waals surface area contributed by atoms with Crippen LogP contribution in [0.5, 0.6) is 0 Å². The van der Waals surface area contributed by atoms with E-state index in [1.54, 1.807) is 24.3 Å². The number of fused-ring (bicyclic) bond motifs is 1. The summed E-state index contributed by atoms with van der Waals surface area (Å²) < 4.78 is 37.6. The molecular formula is C23H26ClN3O6S. The van der Waals surface area contributed by atoms with Gasteiger partial charge in [0.05, 0.1) is 23.8 Å². The number of halogens is 1. The van der Waals surface area contributed by atoms with Gasteiger partial charge < -0.3 is 19.4 Å². The van der Waals surface area contributed by atoms with E-state index in [9.17, 15) is 18.0 Å². The van der Waals surface area contributed by atoms with Crippen LogP contribution in [0.4, 0.5) is 5.69 Å². The van der Waals surface area contributed by atoms with Gasteiger partial charge in [-0.1, -0.05) is 11.6 Å². The Balaban J connectivity index is 2.01. The maximum absolute atomic E-state index is 13.2. The standard InChI is InChI=1S/C23H26ClN3O6S/c1-26(17-6-4-16(24)5-7-17)34(30,31)18-8-9-21-19(14-18)22(28)20(15-25-21)23(29)27(10-12-32-2)11-13-33-3/h4-9,14-15H,10-13H2,1-3H3,(H,25,28). The Morgan fingerprint density at radius 1 is 1.03 bits per heavy atom. The van der Waals surface area contributed by atoms with Gasteiger partial charge in [0.1, 0.15) is 5.56 Å². The molecule has 1 amide bonds. The normalized spacial score (nSPS) is 11.5. The summed E-state index contributed by atoms with van der Waals surface area (Å²) in [6, 6.07) is 10.5. The van der Waals surface area contributed by atoms with Crippen LogP contribution in [0, 0.1) is 0 Å². The maximum Gasteiger partial charge on any atom is 0.264 e. The van der Waals surface area contributed by atoms with Crippen LogP contribution in [0.1, 0.15) is 10.4 Å². The molecule has 1 aromatic heterocycles. The molecule has 0 bridgehead atoms. The summed E-state index contributed by atoms with van der Waals surface area (Å²) >= 11 is 5.90. The van der Waals surface area contributed by atoms with Crippen LogP contribution < -0.4 is 9.73 Å². The number of sulfonamides is 1. The second-order valence-corrected chi connectivity index (χ2v) is 9.87. The Morgan fingerprint density at radius 2 is 1.65 bits per heavy atom. The minimum Gasteiger partial charge on any atom is -0.383 e. The molecule has 1 N–H and O–H groups in total. The maximum atomic E-state index is 13.2. The summed E-state index contributed by atoms with van der Waals surface area (Å²) in [5.41, 5.74) is 0.161. The molecule has 3 rings (SSSR count). The summed E-state index contributed by atoms with van der Waals surface area (Å²) in [7, 11) is 0.473. The van der Waals surface area contributed by atoms with E-state index in [-0.39, 0.29) is 28.9 Å². The van der Waals surface area contributed by atoms with Gasteiger partial charge in [0, 0.05) is 56.5 Å². The van der Waals surface area contributed by atoms with Crippen molar-refractivity contribution in [2.24, 2.45) is 0 Å². The predicted octanol–water partition coefficient (Wildman–Crippen LogP) is 2.74. The average Bonchev–Trinajstić information content (AvgIpc) is 2.84. The highest BCUT2D eigenvalue weighted by atomic mass is 35.5. The number of anilines is 1. The number of methoxy groups -OCH3 is 2. The number of ether oxygens (including phenoxy) is 2. The molecule has 11 heteroatoms. The molecule has 0 aliphatic carbocycles. The van der Waals surface area contributed by atoms with Crippen LogP contribution in [-0.2, 0) is 19.5 Å². The average molecular weight is 508 g/mol. The minimum atomic E-state index is -3.98. The van der Waals surface area contributed by atoms with Crippen LogP contribution in [0.2, 0.25) is 5.02 Å². The van der Waals surface area contributed by atoms with Crippen LogP contribution in [-0.4, -0.2) is 71.8 Å². The fraction of sp³-hybridized carbons (Fsp3) is 0.304. The number of amides is 1. The monoisotopic (exact) mass is 507 g/mol. The molecule has 0 unspecified atom stereocenters. The number of rotatable bonds is 10. The quantitative estimate of drug-likeness (QED) is 0.452. The van der Waals surface area contributed by atoms with Crippen LogP contribution in [0.15, 0.2) is 58.4 Å². The van der Waals surface area contributed by atoms with Crippen molar-refractivity contribution in [1.82, 2.24) is 9.88 Å². The predicted molar refractivity (Wildman–Crippen MR) is 131 cm³/mol. The Bertz CT molecular complexity index is 1320. The smallest absolute Gasteiger partial charge is 0.264 e. The topological polar surface area (TPSA) is 109 Å². The van der Waals surface area contributed by atoms with E-state index in [1.165, 1.54) is 50.6 Å². The Morgan fingerprint density at radius 3 is 2.24 bits per heavy atom. The van der Waals surface area contributed by atoms with E-state index in [0.29, 0.717) is 29.4 Å².